The van der Waals surface area contributed by atoms with Crippen molar-refractivity contribution in [2.75, 3.05) is 0 Å². The fraction of sp³-hybridized carbons (Fsp3) is 0.750. The molecule has 6 heteroatoms. The van der Waals surface area contributed by atoms with Crippen LogP contribution in [0.2, 0.25) is 0 Å². The van der Waals surface area contributed by atoms with Gasteiger partial charge in [0.15, 0.2) is 0 Å². The van der Waals surface area contributed by atoms with E-state index in [-0.39, 0.29) is 0 Å². The summed E-state index contributed by atoms with van der Waals surface area (Å²) in [4.78, 5) is 21.0. The normalized spacial score (nSPS) is 26.7. The van der Waals surface area contributed by atoms with Crippen molar-refractivity contribution in [3.05, 3.63) is 0 Å². The zero-order valence-electron chi connectivity index (χ0n) is 7.37. The van der Waals surface area contributed by atoms with E-state index < -0.39 is 23.1 Å². The molecule has 0 saturated heterocycles. The summed E-state index contributed by atoms with van der Waals surface area (Å²) in [7, 11) is 0. The predicted octanol–water partition coefficient (Wildman–Crippen LogP) is 3.05. The second-order valence-corrected chi connectivity index (χ2v) is 3.69. The Hall–Kier alpha value is -0.480. The summed E-state index contributed by atoms with van der Waals surface area (Å²) in [6.45, 7) is 0. The summed E-state index contributed by atoms with van der Waals surface area (Å²) in [5, 5.41) is 0. The summed E-state index contributed by atoms with van der Waals surface area (Å²) >= 11 is 10.2. The number of hydrogen-bond donors (Lipinski definition) is 0. The summed E-state index contributed by atoms with van der Waals surface area (Å²) in [6.07, 6.45) is 2.21. The summed E-state index contributed by atoms with van der Waals surface area (Å²) < 4.78 is 9.59. The van der Waals surface area contributed by atoms with Crippen molar-refractivity contribution < 1.29 is 19.1 Å². The minimum atomic E-state index is -0.882. The SMILES string of the molecule is O=C(Cl)O[C@@H]1CCCC[C@H]1OC(=O)Cl. The Morgan fingerprint density at radius 3 is 1.57 bits per heavy atom. The zero-order chi connectivity index (χ0) is 10.6. The minimum absolute atomic E-state index is 0.462. The van der Waals surface area contributed by atoms with Crippen LogP contribution in [0.1, 0.15) is 25.7 Å². The quantitative estimate of drug-likeness (QED) is 0.697. The monoisotopic (exact) mass is 240 g/mol. The number of rotatable bonds is 2. The lowest BCUT2D eigenvalue weighted by Crippen LogP contribution is -2.35. The van der Waals surface area contributed by atoms with Crippen LogP contribution in [0.25, 0.3) is 0 Å². The first-order valence-corrected chi connectivity index (χ1v) is 5.07. The van der Waals surface area contributed by atoms with Gasteiger partial charge in [-0.3, -0.25) is 0 Å². The molecule has 1 saturated carbocycles. The van der Waals surface area contributed by atoms with Crippen LogP contribution in [0, 0.1) is 0 Å². The van der Waals surface area contributed by atoms with Crippen LogP contribution >= 0.6 is 23.2 Å². The van der Waals surface area contributed by atoms with Gasteiger partial charge in [-0.2, -0.15) is 0 Å². The highest BCUT2D eigenvalue weighted by atomic mass is 35.5. The van der Waals surface area contributed by atoms with Gasteiger partial charge in [0.25, 0.3) is 0 Å². The highest BCUT2D eigenvalue weighted by molar-refractivity contribution is 6.61. The third-order valence-electron chi connectivity index (χ3n) is 2.13. The zero-order valence-corrected chi connectivity index (χ0v) is 8.88. The van der Waals surface area contributed by atoms with E-state index >= 15 is 0 Å². The highest BCUT2D eigenvalue weighted by Crippen LogP contribution is 2.25. The molecule has 0 aromatic carbocycles. The summed E-state index contributed by atoms with van der Waals surface area (Å²) in [5.74, 6) is 0. The Balaban J connectivity index is 2.49. The largest absolute Gasteiger partial charge is 0.446 e. The number of carbonyl (C=O) groups excluding carboxylic acids is 2. The number of hydrogen-bond acceptors (Lipinski definition) is 4. The van der Waals surface area contributed by atoms with E-state index in [9.17, 15) is 9.59 Å². The first kappa shape index (κ1) is 11.6. The van der Waals surface area contributed by atoms with Crippen LogP contribution in [-0.4, -0.2) is 23.1 Å². The second-order valence-electron chi connectivity index (χ2n) is 3.07. The minimum Gasteiger partial charge on any atom is -0.446 e. The topological polar surface area (TPSA) is 52.6 Å². The van der Waals surface area contributed by atoms with Crippen LogP contribution in [0.15, 0.2) is 0 Å². The molecule has 0 radical (unpaired) electrons. The van der Waals surface area contributed by atoms with E-state index in [1.165, 1.54) is 0 Å². The lowest BCUT2D eigenvalue weighted by Gasteiger charge is -2.29. The van der Waals surface area contributed by atoms with Crippen LogP contribution in [-0.2, 0) is 9.47 Å². The molecule has 1 aliphatic carbocycles. The molecule has 1 fully saturated rings. The molecule has 14 heavy (non-hydrogen) atoms. The summed E-state index contributed by atoms with van der Waals surface area (Å²) in [6, 6.07) is 0. The first-order valence-electron chi connectivity index (χ1n) is 4.32. The maximum absolute atomic E-state index is 10.5. The molecular formula is C8H10Cl2O4. The van der Waals surface area contributed by atoms with Crippen LogP contribution in [0.5, 0.6) is 0 Å². The molecule has 1 aliphatic rings. The molecule has 0 aliphatic heterocycles. The number of ether oxygens (including phenoxy) is 2. The molecule has 1 rings (SSSR count). The van der Waals surface area contributed by atoms with E-state index in [2.05, 4.69) is 0 Å². The Bertz CT molecular complexity index is 207. The van der Waals surface area contributed by atoms with Gasteiger partial charge >= 0.3 is 10.9 Å². The lowest BCUT2D eigenvalue weighted by atomic mass is 9.95. The van der Waals surface area contributed by atoms with Crippen molar-refractivity contribution in [3.63, 3.8) is 0 Å². The third-order valence-corrected chi connectivity index (χ3v) is 2.31. The smallest absolute Gasteiger partial charge is 0.404 e. The predicted molar refractivity (Wildman–Crippen MR) is 50.7 cm³/mol. The Morgan fingerprint density at radius 2 is 1.29 bits per heavy atom. The van der Waals surface area contributed by atoms with Crippen molar-refractivity contribution in [1.29, 1.82) is 0 Å². The van der Waals surface area contributed by atoms with Crippen LogP contribution < -0.4 is 0 Å². The standard InChI is InChI=1S/C8H10Cl2O4/c9-7(11)13-5-3-1-2-4-6(5)14-8(10)12/h5-6H,1-4H2/t5-,6-/m1/s1. The van der Waals surface area contributed by atoms with Gasteiger partial charge in [0.05, 0.1) is 0 Å². The van der Waals surface area contributed by atoms with E-state index in [0.717, 1.165) is 12.8 Å². The first-order chi connectivity index (χ1) is 6.59. The number of carbonyl (C=O) groups is 2. The van der Waals surface area contributed by atoms with E-state index in [0.29, 0.717) is 12.8 Å². The van der Waals surface area contributed by atoms with Gasteiger partial charge in [-0.25, -0.2) is 9.59 Å². The molecule has 0 spiro atoms. The van der Waals surface area contributed by atoms with Gasteiger partial charge in [0.1, 0.15) is 12.2 Å². The molecule has 80 valence electrons. The fourth-order valence-electron chi connectivity index (χ4n) is 1.57. The van der Waals surface area contributed by atoms with Gasteiger partial charge in [-0.05, 0) is 25.7 Å². The second kappa shape index (κ2) is 5.41. The molecule has 0 bridgehead atoms. The van der Waals surface area contributed by atoms with Crippen molar-refractivity contribution >= 4 is 34.1 Å². The molecule has 0 unspecified atom stereocenters. The van der Waals surface area contributed by atoms with Gasteiger partial charge in [-0.1, -0.05) is 0 Å². The third kappa shape index (κ3) is 3.72. The average Bonchev–Trinajstić information content (AvgIpc) is 2.06. The van der Waals surface area contributed by atoms with Gasteiger partial charge in [0, 0.05) is 23.2 Å². The number of halogens is 2. The van der Waals surface area contributed by atoms with Gasteiger partial charge < -0.3 is 9.47 Å². The summed E-state index contributed by atoms with van der Waals surface area (Å²) in [5.41, 5.74) is -1.76. The molecule has 4 nitrogen and oxygen atoms in total. The fourth-order valence-corrected chi connectivity index (χ4v) is 1.80. The maximum atomic E-state index is 10.5. The molecule has 0 N–H and O–H groups in total. The van der Waals surface area contributed by atoms with E-state index in [1.54, 1.807) is 0 Å². The van der Waals surface area contributed by atoms with Crippen LogP contribution in [0.4, 0.5) is 9.59 Å². The van der Waals surface area contributed by atoms with Crippen molar-refractivity contribution in [3.8, 4) is 0 Å². The lowest BCUT2D eigenvalue weighted by molar-refractivity contribution is -0.0161. The highest BCUT2D eigenvalue weighted by Gasteiger charge is 2.30. The molecule has 0 heterocycles. The molecule has 0 aromatic heterocycles. The van der Waals surface area contributed by atoms with Gasteiger partial charge in [-0.15, -0.1) is 0 Å². The molecular weight excluding hydrogens is 231 g/mol. The molecule has 0 amide bonds. The van der Waals surface area contributed by atoms with Gasteiger partial charge in [0.2, 0.25) is 0 Å². The average molecular weight is 241 g/mol. The van der Waals surface area contributed by atoms with E-state index in [1.807, 2.05) is 0 Å². The molecule has 0 aromatic rings. The van der Waals surface area contributed by atoms with Crippen molar-refractivity contribution in [2.45, 2.75) is 37.9 Å². The van der Waals surface area contributed by atoms with Crippen molar-refractivity contribution in [1.82, 2.24) is 0 Å². The Kier molecular flexibility index (Phi) is 4.48. The van der Waals surface area contributed by atoms with Crippen molar-refractivity contribution in [2.24, 2.45) is 0 Å². The Morgan fingerprint density at radius 1 is 0.929 bits per heavy atom. The maximum Gasteiger partial charge on any atom is 0.404 e. The van der Waals surface area contributed by atoms with Crippen LogP contribution in [0.3, 0.4) is 0 Å². The van der Waals surface area contributed by atoms with E-state index in [4.69, 9.17) is 32.7 Å². The Labute approximate surface area is 91.4 Å². The molecule has 2 atom stereocenters.